The minimum Gasteiger partial charge on any atom is -0.394 e. The maximum absolute atomic E-state index is 12.9. The van der Waals surface area contributed by atoms with Crippen LogP contribution in [-0.2, 0) is 23.9 Å². The van der Waals surface area contributed by atoms with E-state index in [2.05, 4.69) is 25.3 Å². The number of aliphatic hydroxyl groups is 1. The van der Waals surface area contributed by atoms with Gasteiger partial charge in [0.15, 0.2) is 0 Å². The van der Waals surface area contributed by atoms with E-state index < -0.39 is 9.84 Å². The van der Waals surface area contributed by atoms with E-state index in [0.29, 0.717) is 49.3 Å². The number of hydrogen-bond acceptors (Lipinski definition) is 10. The predicted octanol–water partition coefficient (Wildman–Crippen LogP) is 5.42. The molecule has 0 saturated heterocycles. The first-order chi connectivity index (χ1) is 23.8. The van der Waals surface area contributed by atoms with Gasteiger partial charge in [0.05, 0.1) is 12.1 Å². The van der Waals surface area contributed by atoms with Gasteiger partial charge < -0.3 is 10.4 Å². The molecule has 0 aliphatic heterocycles. The molecule has 0 amide bonds. The van der Waals surface area contributed by atoms with Crippen LogP contribution >= 0.6 is 23.2 Å². The molecule has 0 radical (unpaired) electrons. The summed E-state index contributed by atoms with van der Waals surface area (Å²) >= 11 is 12.4. The minimum atomic E-state index is -3.55. The fourth-order valence-electron chi connectivity index (χ4n) is 6.07. The third-order valence-electron chi connectivity index (χ3n) is 8.77. The van der Waals surface area contributed by atoms with Crippen molar-refractivity contribution in [1.82, 2.24) is 29.1 Å². The lowest BCUT2D eigenvalue weighted by Gasteiger charge is -2.28. The third kappa shape index (κ3) is 6.86. The lowest BCUT2D eigenvalue weighted by molar-refractivity contribution is 0.213. The standard InChI is InChI=1S/C20H21ClN4O2.C15H12ClN3O3S/c1-25-17-13(10-15(18(25)27)14-6-2-3-7-16(14)21)11-22-19(23-17)24-20(12-26)8-4-5-9-20;1-19-13-9(8-17-15(18-13)23(2,21)22)7-11(14(19)20)10-5-3-4-6-12(10)16/h2-3,6-7,10-11,26H,4-5,8-9,12H2,1H3,(H,22,23,24);3-8H,1-2H3. The molecule has 0 bridgehead atoms. The Morgan fingerprint density at radius 3 is 1.74 bits per heavy atom. The van der Waals surface area contributed by atoms with Crippen LogP contribution in [0.15, 0.2) is 87.8 Å². The average molecular weight is 735 g/mol. The Bertz CT molecular complexity index is 2500. The second-order valence-electron chi connectivity index (χ2n) is 12.3. The molecule has 2 aromatic carbocycles. The largest absolute Gasteiger partial charge is 0.394 e. The van der Waals surface area contributed by atoms with Gasteiger partial charge in [-0.2, -0.15) is 9.97 Å². The minimum absolute atomic E-state index is 0.0404. The first-order valence-corrected chi connectivity index (χ1v) is 18.3. The van der Waals surface area contributed by atoms with Crippen molar-refractivity contribution in [2.45, 2.75) is 36.4 Å². The summed E-state index contributed by atoms with van der Waals surface area (Å²) in [6.07, 6.45) is 8.01. The molecule has 0 atom stereocenters. The summed E-state index contributed by atoms with van der Waals surface area (Å²) in [6.45, 7) is 0.0404. The predicted molar refractivity (Wildman–Crippen MR) is 195 cm³/mol. The van der Waals surface area contributed by atoms with Gasteiger partial charge in [-0.1, -0.05) is 72.4 Å². The molecular weight excluding hydrogens is 701 g/mol. The smallest absolute Gasteiger partial charge is 0.259 e. The molecule has 7 rings (SSSR count). The second-order valence-corrected chi connectivity index (χ2v) is 15.0. The van der Waals surface area contributed by atoms with Crippen LogP contribution < -0.4 is 16.4 Å². The highest BCUT2D eigenvalue weighted by Gasteiger charge is 2.34. The number of nitrogens with one attached hydrogen (secondary N) is 1. The van der Waals surface area contributed by atoms with Gasteiger partial charge >= 0.3 is 0 Å². The summed E-state index contributed by atoms with van der Waals surface area (Å²) in [5.41, 5.74) is 2.15. The molecular formula is C35H33Cl2N7O5S. The number of rotatable bonds is 6. The number of aryl methyl sites for hydroxylation is 2. The molecule has 258 valence electrons. The Labute approximate surface area is 297 Å². The highest BCUT2D eigenvalue weighted by molar-refractivity contribution is 7.90. The van der Waals surface area contributed by atoms with Gasteiger partial charge in [0, 0.05) is 75.8 Å². The Hall–Kier alpha value is -4.69. The van der Waals surface area contributed by atoms with E-state index in [1.54, 1.807) is 55.7 Å². The van der Waals surface area contributed by atoms with Crippen LogP contribution in [-0.4, -0.2) is 61.0 Å². The number of pyridine rings is 2. The first-order valence-electron chi connectivity index (χ1n) is 15.6. The molecule has 0 spiro atoms. The Kier molecular flexibility index (Phi) is 9.78. The lowest BCUT2D eigenvalue weighted by Crippen LogP contribution is -2.39. The first kappa shape index (κ1) is 35.1. The van der Waals surface area contributed by atoms with Gasteiger partial charge in [-0.25, -0.2) is 18.4 Å². The molecule has 1 fully saturated rings. The Morgan fingerprint density at radius 2 is 1.26 bits per heavy atom. The monoisotopic (exact) mass is 733 g/mol. The summed E-state index contributed by atoms with van der Waals surface area (Å²) in [6, 6.07) is 17.7. The number of benzene rings is 2. The summed E-state index contributed by atoms with van der Waals surface area (Å²) in [7, 11) is -0.326. The van der Waals surface area contributed by atoms with E-state index in [1.807, 2.05) is 18.2 Å². The summed E-state index contributed by atoms with van der Waals surface area (Å²) in [4.78, 5) is 42.3. The molecule has 15 heteroatoms. The SMILES string of the molecule is Cn1c(=O)c(-c2ccccc2Cl)cc2cnc(NC3(CO)CCCC3)nc21.Cn1c(=O)c(-c2ccccc2Cl)cc2cnc(S(C)(=O)=O)nc21. The fourth-order valence-corrected chi connectivity index (χ4v) is 7.04. The van der Waals surface area contributed by atoms with Gasteiger partial charge in [0.1, 0.15) is 11.3 Å². The zero-order valence-corrected chi connectivity index (χ0v) is 29.7. The van der Waals surface area contributed by atoms with E-state index in [9.17, 15) is 23.1 Å². The van der Waals surface area contributed by atoms with Crippen molar-refractivity contribution in [3.8, 4) is 22.3 Å². The van der Waals surface area contributed by atoms with Crippen molar-refractivity contribution < 1.29 is 13.5 Å². The van der Waals surface area contributed by atoms with Gasteiger partial charge in [-0.05, 0) is 37.1 Å². The van der Waals surface area contributed by atoms with Crippen molar-refractivity contribution in [2.75, 3.05) is 18.2 Å². The number of halogens is 2. The van der Waals surface area contributed by atoms with Crippen molar-refractivity contribution >= 4 is 61.1 Å². The Balaban J connectivity index is 0.000000175. The number of hydrogen-bond donors (Lipinski definition) is 2. The summed E-state index contributed by atoms with van der Waals surface area (Å²) in [5, 5.41) is 15.1. The molecule has 1 aliphatic carbocycles. The zero-order chi connectivity index (χ0) is 35.8. The van der Waals surface area contributed by atoms with E-state index in [4.69, 9.17) is 23.2 Å². The van der Waals surface area contributed by atoms with E-state index >= 15 is 0 Å². The third-order valence-corrected chi connectivity index (χ3v) is 10.3. The van der Waals surface area contributed by atoms with E-state index in [-0.39, 0.29) is 34.1 Å². The molecule has 4 aromatic heterocycles. The average Bonchev–Trinajstić information content (AvgIpc) is 3.57. The number of nitrogens with zero attached hydrogens (tertiary/aromatic N) is 6. The van der Waals surface area contributed by atoms with Crippen molar-refractivity contribution in [3.63, 3.8) is 0 Å². The van der Waals surface area contributed by atoms with Crippen LogP contribution in [0, 0.1) is 0 Å². The molecule has 50 heavy (non-hydrogen) atoms. The molecule has 6 aromatic rings. The number of sulfone groups is 1. The summed E-state index contributed by atoms with van der Waals surface area (Å²) < 4.78 is 26.0. The van der Waals surface area contributed by atoms with Crippen molar-refractivity contribution in [2.24, 2.45) is 14.1 Å². The van der Waals surface area contributed by atoms with Crippen LogP contribution in [0.2, 0.25) is 10.0 Å². The molecule has 4 heterocycles. The fraction of sp³-hybridized carbons (Fsp3) is 0.257. The Morgan fingerprint density at radius 1 is 0.780 bits per heavy atom. The normalized spacial score (nSPS) is 14.0. The highest BCUT2D eigenvalue weighted by atomic mass is 35.5. The van der Waals surface area contributed by atoms with Gasteiger partial charge in [0.2, 0.25) is 20.9 Å². The summed E-state index contributed by atoms with van der Waals surface area (Å²) in [5.74, 6) is 0.430. The molecule has 12 nitrogen and oxygen atoms in total. The molecule has 1 saturated carbocycles. The lowest BCUT2D eigenvalue weighted by atomic mass is 9.99. The molecule has 2 N–H and O–H groups in total. The van der Waals surface area contributed by atoms with Crippen molar-refractivity contribution in [1.29, 1.82) is 0 Å². The van der Waals surface area contributed by atoms with Gasteiger partial charge in [0.25, 0.3) is 11.1 Å². The number of fused-ring (bicyclic) bond motifs is 2. The number of aromatic nitrogens is 6. The highest BCUT2D eigenvalue weighted by Crippen LogP contribution is 2.33. The van der Waals surface area contributed by atoms with Crippen LogP contribution in [0.3, 0.4) is 0 Å². The van der Waals surface area contributed by atoms with E-state index in [0.717, 1.165) is 37.3 Å². The van der Waals surface area contributed by atoms with Crippen LogP contribution in [0.25, 0.3) is 44.3 Å². The number of anilines is 1. The molecule has 1 aliphatic rings. The quantitative estimate of drug-likeness (QED) is 0.212. The van der Waals surface area contributed by atoms with Crippen molar-refractivity contribution in [3.05, 3.63) is 104 Å². The van der Waals surface area contributed by atoms with Crippen LogP contribution in [0.5, 0.6) is 0 Å². The van der Waals surface area contributed by atoms with Gasteiger partial charge in [-0.3, -0.25) is 18.7 Å². The molecule has 0 unspecified atom stereocenters. The second kappa shape index (κ2) is 13.9. The van der Waals surface area contributed by atoms with Crippen LogP contribution in [0.4, 0.5) is 5.95 Å². The van der Waals surface area contributed by atoms with Gasteiger partial charge in [-0.15, -0.1) is 0 Å². The van der Waals surface area contributed by atoms with Crippen LogP contribution in [0.1, 0.15) is 25.7 Å². The van der Waals surface area contributed by atoms with E-state index in [1.165, 1.54) is 22.4 Å². The number of aliphatic hydroxyl groups excluding tert-OH is 1. The maximum Gasteiger partial charge on any atom is 0.259 e. The topological polar surface area (TPSA) is 162 Å². The zero-order valence-electron chi connectivity index (χ0n) is 27.4. The maximum atomic E-state index is 12.9.